The van der Waals surface area contributed by atoms with Crippen molar-refractivity contribution < 1.29 is 14.7 Å². The third-order valence-corrected chi connectivity index (χ3v) is 3.71. The maximum atomic E-state index is 11.5. The fourth-order valence-electron chi connectivity index (χ4n) is 1.76. The zero-order valence-corrected chi connectivity index (χ0v) is 12.0. The van der Waals surface area contributed by atoms with Gasteiger partial charge in [0.2, 0.25) is 5.91 Å². The first-order valence-corrected chi connectivity index (χ1v) is 6.57. The molecule has 0 aliphatic carbocycles. The summed E-state index contributed by atoms with van der Waals surface area (Å²) in [4.78, 5) is 27.6. The monoisotopic (exact) mass is 295 g/mol. The molecule has 1 amide bonds. The minimum atomic E-state index is -1.19. The summed E-state index contributed by atoms with van der Waals surface area (Å²) in [5.74, 6) is -1.47. The Balaban J connectivity index is 2.58. The Labute approximate surface area is 118 Å². The van der Waals surface area contributed by atoms with Crippen molar-refractivity contribution in [2.45, 2.75) is 20.4 Å². The van der Waals surface area contributed by atoms with Crippen molar-refractivity contribution >= 4 is 23.2 Å². The molecule has 0 saturated heterocycles. The van der Waals surface area contributed by atoms with Gasteiger partial charge >= 0.3 is 5.97 Å². The molecule has 20 heavy (non-hydrogen) atoms. The number of rotatable bonds is 4. The van der Waals surface area contributed by atoms with Gasteiger partial charge in [0.05, 0.1) is 15.6 Å². The van der Waals surface area contributed by atoms with Gasteiger partial charge in [0, 0.05) is 7.05 Å². The van der Waals surface area contributed by atoms with Gasteiger partial charge in [-0.15, -0.1) is 16.4 Å². The Hall–Kier alpha value is -2.29. The van der Waals surface area contributed by atoms with Crippen LogP contribution in [-0.2, 0) is 11.3 Å². The fraction of sp³-hybridized carbons (Fsp3) is 0.364. The van der Waals surface area contributed by atoms with Gasteiger partial charge in [0.15, 0.2) is 5.69 Å². The molecule has 2 N–H and O–H groups in total. The summed E-state index contributed by atoms with van der Waals surface area (Å²) in [7, 11) is 1.50. The number of carbonyl (C=O) groups excluding carboxylic acids is 1. The van der Waals surface area contributed by atoms with Gasteiger partial charge in [-0.1, -0.05) is 5.21 Å². The highest BCUT2D eigenvalue weighted by atomic mass is 32.1. The van der Waals surface area contributed by atoms with Crippen LogP contribution in [0.1, 0.15) is 21.2 Å². The van der Waals surface area contributed by atoms with E-state index in [1.807, 2.05) is 6.92 Å². The molecular formula is C11H13N5O3S. The lowest BCUT2D eigenvalue weighted by atomic mass is 10.2. The Morgan fingerprint density at radius 2 is 2.10 bits per heavy atom. The first-order valence-electron chi connectivity index (χ1n) is 5.75. The highest BCUT2D eigenvalue weighted by Crippen LogP contribution is 2.31. The maximum Gasteiger partial charge on any atom is 0.358 e. The lowest BCUT2D eigenvalue weighted by Gasteiger charge is -2.05. The van der Waals surface area contributed by atoms with Crippen LogP contribution >= 0.6 is 11.3 Å². The molecule has 2 aromatic rings. The van der Waals surface area contributed by atoms with Gasteiger partial charge in [-0.05, 0) is 13.8 Å². The number of likely N-dealkylation sites (N-methyl/N-ethyl adjacent to an activating group) is 1. The largest absolute Gasteiger partial charge is 0.476 e. The smallest absolute Gasteiger partial charge is 0.358 e. The van der Waals surface area contributed by atoms with E-state index in [9.17, 15) is 14.7 Å². The van der Waals surface area contributed by atoms with Crippen LogP contribution in [0.2, 0.25) is 0 Å². The third-order valence-electron chi connectivity index (χ3n) is 2.63. The van der Waals surface area contributed by atoms with Crippen molar-refractivity contribution in [1.29, 1.82) is 0 Å². The van der Waals surface area contributed by atoms with Crippen molar-refractivity contribution in [3.05, 3.63) is 16.4 Å². The lowest BCUT2D eigenvalue weighted by Crippen LogP contribution is -2.24. The van der Waals surface area contributed by atoms with Crippen molar-refractivity contribution in [2.75, 3.05) is 7.05 Å². The number of carbonyl (C=O) groups is 2. The zero-order valence-electron chi connectivity index (χ0n) is 11.2. The van der Waals surface area contributed by atoms with Gasteiger partial charge in [-0.3, -0.25) is 4.79 Å². The van der Waals surface area contributed by atoms with Gasteiger partial charge in [-0.2, -0.15) is 0 Å². The summed E-state index contributed by atoms with van der Waals surface area (Å²) in [5, 5.41) is 19.9. The van der Waals surface area contributed by atoms with Gasteiger partial charge in [0.1, 0.15) is 12.2 Å². The molecule has 0 aliphatic heterocycles. The zero-order chi connectivity index (χ0) is 14.9. The van der Waals surface area contributed by atoms with E-state index in [1.165, 1.54) is 23.1 Å². The van der Waals surface area contributed by atoms with E-state index in [4.69, 9.17) is 0 Å². The van der Waals surface area contributed by atoms with Crippen molar-refractivity contribution in [1.82, 2.24) is 25.3 Å². The molecule has 0 fully saturated rings. The van der Waals surface area contributed by atoms with Crippen LogP contribution in [0, 0.1) is 13.8 Å². The number of nitrogens with one attached hydrogen (secondary N) is 1. The summed E-state index contributed by atoms with van der Waals surface area (Å²) in [6, 6.07) is 0. The first-order chi connectivity index (χ1) is 9.43. The van der Waals surface area contributed by atoms with Crippen LogP contribution in [0.5, 0.6) is 0 Å². The van der Waals surface area contributed by atoms with Crippen molar-refractivity contribution in [2.24, 2.45) is 0 Å². The second-order valence-electron chi connectivity index (χ2n) is 4.07. The molecule has 106 valence electrons. The van der Waals surface area contributed by atoms with Crippen LogP contribution < -0.4 is 5.32 Å². The quantitative estimate of drug-likeness (QED) is 0.848. The molecule has 0 unspecified atom stereocenters. The fourth-order valence-corrected chi connectivity index (χ4v) is 2.73. The molecule has 8 nitrogen and oxygen atoms in total. The number of nitrogens with zero attached hydrogens (tertiary/aromatic N) is 4. The Bertz CT molecular complexity index is 676. The predicted molar refractivity (Wildman–Crippen MR) is 71.6 cm³/mol. The van der Waals surface area contributed by atoms with Crippen molar-refractivity contribution in [3.8, 4) is 10.6 Å². The summed E-state index contributed by atoms with van der Waals surface area (Å²) in [6.07, 6.45) is 0. The summed E-state index contributed by atoms with van der Waals surface area (Å²) in [5.41, 5.74) is 0.820. The number of aryl methyl sites for hydroxylation is 2. The van der Waals surface area contributed by atoms with Crippen LogP contribution in [-0.4, -0.2) is 44.0 Å². The molecule has 0 aromatic carbocycles. The Kier molecular flexibility index (Phi) is 3.79. The van der Waals surface area contributed by atoms with E-state index >= 15 is 0 Å². The van der Waals surface area contributed by atoms with E-state index in [-0.39, 0.29) is 18.1 Å². The molecular weight excluding hydrogens is 282 g/mol. The highest BCUT2D eigenvalue weighted by molar-refractivity contribution is 7.15. The third kappa shape index (κ3) is 2.52. The van der Waals surface area contributed by atoms with E-state index in [0.29, 0.717) is 16.3 Å². The Morgan fingerprint density at radius 1 is 1.40 bits per heavy atom. The molecule has 0 bridgehead atoms. The average Bonchev–Trinajstić information content (AvgIpc) is 2.92. The second-order valence-corrected chi connectivity index (χ2v) is 5.27. The van der Waals surface area contributed by atoms with Gasteiger partial charge in [-0.25, -0.2) is 14.5 Å². The molecule has 0 spiro atoms. The van der Waals surface area contributed by atoms with Gasteiger partial charge in [0.25, 0.3) is 0 Å². The van der Waals surface area contributed by atoms with Crippen LogP contribution in [0.4, 0.5) is 0 Å². The van der Waals surface area contributed by atoms with E-state index in [0.717, 1.165) is 5.01 Å². The van der Waals surface area contributed by atoms with Crippen LogP contribution in [0.25, 0.3) is 10.6 Å². The topological polar surface area (TPSA) is 110 Å². The van der Waals surface area contributed by atoms with Crippen LogP contribution in [0.15, 0.2) is 0 Å². The van der Waals surface area contributed by atoms with E-state index in [1.54, 1.807) is 6.92 Å². The number of thiazole rings is 1. The molecule has 2 aromatic heterocycles. The van der Waals surface area contributed by atoms with Gasteiger partial charge < -0.3 is 10.4 Å². The van der Waals surface area contributed by atoms with E-state index < -0.39 is 5.97 Å². The number of aromatic nitrogens is 4. The summed E-state index contributed by atoms with van der Waals surface area (Å²) in [6.45, 7) is 3.51. The first kappa shape index (κ1) is 14.1. The predicted octanol–water partition coefficient (Wildman–Crippen LogP) is 0.463. The molecule has 0 atom stereocenters. The number of hydrogen-bond donors (Lipinski definition) is 2. The standard InChI is InChI=1S/C11H13N5O3S/c1-5-10(20-6(2)13-5)9-8(11(18)19)14-15-16(9)4-7(17)12-3/h4H2,1-3H3,(H,12,17)(H,18,19). The van der Waals surface area contributed by atoms with E-state index in [2.05, 4.69) is 20.6 Å². The second kappa shape index (κ2) is 5.37. The molecule has 0 saturated carbocycles. The SMILES string of the molecule is CNC(=O)Cn1nnc(C(=O)O)c1-c1sc(C)nc1C. The summed E-state index contributed by atoms with van der Waals surface area (Å²) < 4.78 is 1.28. The molecule has 2 rings (SSSR count). The lowest BCUT2D eigenvalue weighted by molar-refractivity contribution is -0.121. The average molecular weight is 295 g/mol. The number of carboxylic acid groups (broad SMARTS) is 1. The maximum absolute atomic E-state index is 11.5. The molecule has 2 heterocycles. The molecule has 9 heteroatoms. The number of hydrogen-bond acceptors (Lipinski definition) is 6. The molecule has 0 radical (unpaired) electrons. The minimum absolute atomic E-state index is 0.0947. The number of amides is 1. The number of aromatic carboxylic acids is 1. The minimum Gasteiger partial charge on any atom is -0.476 e. The summed E-state index contributed by atoms with van der Waals surface area (Å²) >= 11 is 1.35. The Morgan fingerprint density at radius 3 is 2.60 bits per heavy atom. The molecule has 0 aliphatic rings. The van der Waals surface area contributed by atoms with Crippen molar-refractivity contribution in [3.63, 3.8) is 0 Å². The highest BCUT2D eigenvalue weighted by Gasteiger charge is 2.24. The van der Waals surface area contributed by atoms with Crippen LogP contribution in [0.3, 0.4) is 0 Å². The normalized spacial score (nSPS) is 10.6. The number of carboxylic acids is 1.